The molecule has 0 fully saturated rings. The van der Waals surface area contributed by atoms with Crippen LogP contribution in [-0.2, 0) is 14.1 Å². The van der Waals surface area contributed by atoms with E-state index in [0.717, 1.165) is 26.8 Å². The van der Waals surface area contributed by atoms with Crippen LogP contribution in [0, 0.1) is 13.8 Å². The zero-order chi connectivity index (χ0) is 20.6. The van der Waals surface area contributed by atoms with Crippen molar-refractivity contribution in [3.63, 3.8) is 0 Å². The van der Waals surface area contributed by atoms with E-state index in [1.165, 1.54) is 24.9 Å². The standard InChI is InChI=1S/C21H20BN3O3/c1-12-14(7-5-9-17(12)22)15-8-6-10-18(13(15)2)23-19(26)16-11-24(3)21(28)25(4)20(16)27/h5-11H,1-4H3,(H,23,26). The molecule has 2 aromatic carbocycles. The molecule has 140 valence electrons. The Morgan fingerprint density at radius 3 is 2.25 bits per heavy atom. The van der Waals surface area contributed by atoms with Gasteiger partial charge in [0, 0.05) is 26.0 Å². The summed E-state index contributed by atoms with van der Waals surface area (Å²) in [6.07, 6.45) is 1.25. The zero-order valence-corrected chi connectivity index (χ0v) is 16.2. The minimum absolute atomic E-state index is 0.102. The van der Waals surface area contributed by atoms with E-state index >= 15 is 0 Å². The summed E-state index contributed by atoms with van der Waals surface area (Å²) in [4.78, 5) is 36.8. The molecule has 1 heterocycles. The van der Waals surface area contributed by atoms with Gasteiger partial charge in [0.15, 0.2) is 0 Å². The summed E-state index contributed by atoms with van der Waals surface area (Å²) in [5, 5.41) is 2.79. The van der Waals surface area contributed by atoms with E-state index in [1.807, 2.05) is 44.2 Å². The van der Waals surface area contributed by atoms with Crippen LogP contribution in [0.2, 0.25) is 0 Å². The summed E-state index contributed by atoms with van der Waals surface area (Å²) in [6, 6.07) is 11.3. The van der Waals surface area contributed by atoms with Crippen LogP contribution in [0.4, 0.5) is 5.69 Å². The lowest BCUT2D eigenvalue weighted by molar-refractivity contribution is 0.102. The van der Waals surface area contributed by atoms with Gasteiger partial charge in [-0.15, -0.1) is 0 Å². The normalized spacial score (nSPS) is 10.7. The molecule has 3 rings (SSSR count). The van der Waals surface area contributed by atoms with E-state index in [0.29, 0.717) is 11.2 Å². The van der Waals surface area contributed by atoms with Gasteiger partial charge in [-0.3, -0.25) is 14.2 Å². The quantitative estimate of drug-likeness (QED) is 0.706. The maximum absolute atomic E-state index is 12.7. The van der Waals surface area contributed by atoms with Gasteiger partial charge in [0.1, 0.15) is 13.4 Å². The Labute approximate surface area is 163 Å². The number of rotatable bonds is 3. The number of benzene rings is 2. The molecule has 3 aromatic rings. The fourth-order valence-corrected chi connectivity index (χ4v) is 3.16. The molecule has 0 saturated heterocycles. The largest absolute Gasteiger partial charge is 0.330 e. The molecule has 1 aromatic heterocycles. The number of carbonyl (C=O) groups excluding carboxylic acids is 1. The van der Waals surface area contributed by atoms with Crippen LogP contribution < -0.4 is 22.0 Å². The molecule has 6 nitrogen and oxygen atoms in total. The van der Waals surface area contributed by atoms with Crippen molar-refractivity contribution in [3.05, 3.63) is 80.1 Å². The van der Waals surface area contributed by atoms with E-state index in [-0.39, 0.29) is 5.56 Å². The third-order valence-electron chi connectivity index (χ3n) is 4.94. The number of nitrogens with zero attached hydrogens (tertiary/aromatic N) is 2. The minimum atomic E-state index is -0.638. The molecular formula is C21H20BN3O3. The molecule has 0 bridgehead atoms. The first kappa shape index (κ1) is 19.4. The second-order valence-corrected chi connectivity index (χ2v) is 6.75. The molecule has 0 saturated carbocycles. The highest BCUT2D eigenvalue weighted by Gasteiger charge is 2.17. The molecule has 1 N–H and O–H groups in total. The minimum Gasteiger partial charge on any atom is -0.322 e. The number of hydrogen-bond acceptors (Lipinski definition) is 3. The lowest BCUT2D eigenvalue weighted by Gasteiger charge is -2.16. The Balaban J connectivity index is 2.03. The van der Waals surface area contributed by atoms with Gasteiger partial charge in [0.2, 0.25) is 0 Å². The molecule has 2 radical (unpaired) electrons. The van der Waals surface area contributed by atoms with Crippen LogP contribution >= 0.6 is 0 Å². The summed E-state index contributed by atoms with van der Waals surface area (Å²) in [7, 11) is 8.86. The Kier molecular flexibility index (Phi) is 5.09. The van der Waals surface area contributed by atoms with Crippen molar-refractivity contribution < 1.29 is 4.79 Å². The van der Waals surface area contributed by atoms with Crippen molar-refractivity contribution in [2.24, 2.45) is 14.1 Å². The van der Waals surface area contributed by atoms with Crippen molar-refractivity contribution in [2.75, 3.05) is 5.32 Å². The third kappa shape index (κ3) is 3.31. The molecule has 0 aliphatic heterocycles. The number of aryl methyl sites for hydroxylation is 1. The predicted octanol–water partition coefficient (Wildman–Crippen LogP) is 1.41. The SMILES string of the molecule is [B]c1cccc(-c2cccc(NC(=O)c3cn(C)c(=O)n(C)c3=O)c2C)c1C. The monoisotopic (exact) mass is 373 g/mol. The van der Waals surface area contributed by atoms with Crippen LogP contribution in [0.15, 0.2) is 52.2 Å². The van der Waals surface area contributed by atoms with E-state index in [1.54, 1.807) is 6.07 Å². The average Bonchev–Trinajstić information content (AvgIpc) is 2.67. The molecule has 28 heavy (non-hydrogen) atoms. The second kappa shape index (κ2) is 7.35. The molecular weight excluding hydrogens is 353 g/mol. The Morgan fingerprint density at radius 2 is 1.57 bits per heavy atom. The fraction of sp³-hybridized carbons (Fsp3) is 0.190. The maximum Gasteiger partial charge on any atom is 0.330 e. The summed E-state index contributed by atoms with van der Waals surface area (Å²) >= 11 is 0. The Bertz CT molecular complexity index is 1210. The van der Waals surface area contributed by atoms with Crippen molar-refractivity contribution in [1.29, 1.82) is 0 Å². The summed E-state index contributed by atoms with van der Waals surface area (Å²) in [5.41, 5.74) is 3.78. The summed E-state index contributed by atoms with van der Waals surface area (Å²) in [5.74, 6) is -0.569. The van der Waals surface area contributed by atoms with Gasteiger partial charge in [-0.1, -0.05) is 41.4 Å². The van der Waals surface area contributed by atoms with Gasteiger partial charge in [-0.2, -0.15) is 0 Å². The Morgan fingerprint density at radius 1 is 0.964 bits per heavy atom. The number of hydrogen-bond donors (Lipinski definition) is 1. The number of anilines is 1. The second-order valence-electron chi connectivity index (χ2n) is 6.75. The first-order valence-corrected chi connectivity index (χ1v) is 8.75. The van der Waals surface area contributed by atoms with E-state index in [9.17, 15) is 14.4 Å². The number of amides is 1. The van der Waals surface area contributed by atoms with Crippen molar-refractivity contribution >= 4 is 24.9 Å². The van der Waals surface area contributed by atoms with Crippen LogP contribution in [0.5, 0.6) is 0 Å². The molecule has 7 heteroatoms. The number of carbonyl (C=O) groups is 1. The van der Waals surface area contributed by atoms with Gasteiger partial charge in [-0.05, 0) is 36.6 Å². The van der Waals surface area contributed by atoms with E-state index in [2.05, 4.69) is 5.32 Å². The van der Waals surface area contributed by atoms with Crippen LogP contribution in [-0.4, -0.2) is 22.9 Å². The van der Waals surface area contributed by atoms with Gasteiger partial charge in [0.25, 0.3) is 11.5 Å². The highest BCUT2D eigenvalue weighted by atomic mass is 16.2. The van der Waals surface area contributed by atoms with Gasteiger partial charge < -0.3 is 9.88 Å². The van der Waals surface area contributed by atoms with Gasteiger partial charge in [-0.25, -0.2) is 4.79 Å². The third-order valence-corrected chi connectivity index (χ3v) is 4.94. The summed E-state index contributed by atoms with van der Waals surface area (Å²) in [6.45, 7) is 3.84. The van der Waals surface area contributed by atoms with Crippen molar-refractivity contribution in [1.82, 2.24) is 9.13 Å². The van der Waals surface area contributed by atoms with Crippen LogP contribution in [0.1, 0.15) is 21.5 Å². The molecule has 0 spiro atoms. The van der Waals surface area contributed by atoms with Crippen LogP contribution in [0.3, 0.4) is 0 Å². The predicted molar refractivity (Wildman–Crippen MR) is 112 cm³/mol. The highest BCUT2D eigenvalue weighted by Crippen LogP contribution is 2.30. The van der Waals surface area contributed by atoms with Crippen LogP contribution in [0.25, 0.3) is 11.1 Å². The summed E-state index contributed by atoms with van der Waals surface area (Å²) < 4.78 is 2.12. The smallest absolute Gasteiger partial charge is 0.322 e. The van der Waals surface area contributed by atoms with Gasteiger partial charge >= 0.3 is 5.69 Å². The molecule has 1 amide bonds. The number of nitrogens with one attached hydrogen (secondary N) is 1. The van der Waals surface area contributed by atoms with E-state index in [4.69, 9.17) is 7.85 Å². The molecule has 0 unspecified atom stereocenters. The van der Waals surface area contributed by atoms with Crippen molar-refractivity contribution in [3.8, 4) is 11.1 Å². The highest BCUT2D eigenvalue weighted by molar-refractivity contribution is 6.33. The van der Waals surface area contributed by atoms with Crippen molar-refractivity contribution in [2.45, 2.75) is 13.8 Å². The number of aromatic nitrogens is 2. The topological polar surface area (TPSA) is 73.1 Å². The first-order valence-electron chi connectivity index (χ1n) is 8.75. The van der Waals surface area contributed by atoms with Gasteiger partial charge in [0.05, 0.1) is 0 Å². The maximum atomic E-state index is 12.7. The fourth-order valence-electron chi connectivity index (χ4n) is 3.16. The molecule has 0 aliphatic rings. The molecule has 0 atom stereocenters. The zero-order valence-electron chi connectivity index (χ0n) is 16.2. The Hall–Kier alpha value is -3.35. The molecule has 0 aliphatic carbocycles. The first-order chi connectivity index (χ1) is 13.2. The average molecular weight is 373 g/mol. The lowest BCUT2D eigenvalue weighted by Crippen LogP contribution is -2.40. The van der Waals surface area contributed by atoms with E-state index < -0.39 is 17.2 Å². The lowest BCUT2D eigenvalue weighted by atomic mass is 9.85.